The first-order valence-electron chi connectivity index (χ1n) is 7.51. The van der Waals surface area contributed by atoms with Crippen molar-refractivity contribution in [1.29, 1.82) is 5.26 Å². The molecule has 0 aliphatic carbocycles. The van der Waals surface area contributed by atoms with Gasteiger partial charge in [-0.1, -0.05) is 15.9 Å². The van der Waals surface area contributed by atoms with Gasteiger partial charge in [0.05, 0.1) is 16.5 Å². The molecule has 0 saturated carbocycles. The molecule has 4 aromatic rings. The summed E-state index contributed by atoms with van der Waals surface area (Å²) < 4.78 is 9.26. The lowest BCUT2D eigenvalue weighted by molar-refractivity contribution is 0.514. The third-order valence-corrected chi connectivity index (χ3v) is 5.29. The molecule has 0 bridgehead atoms. The van der Waals surface area contributed by atoms with Crippen LogP contribution in [0.25, 0.3) is 28.3 Å². The van der Waals surface area contributed by atoms with Crippen LogP contribution in [-0.2, 0) is 0 Å². The molecule has 0 spiro atoms. The molecule has 3 heterocycles. The van der Waals surface area contributed by atoms with Crippen LogP contribution in [0.5, 0.6) is 0 Å². The lowest BCUT2D eigenvalue weighted by atomic mass is 10.2. The number of fused-ring (bicyclic) bond motifs is 1. The van der Waals surface area contributed by atoms with Gasteiger partial charge in [0, 0.05) is 25.8 Å². The van der Waals surface area contributed by atoms with Crippen molar-refractivity contribution in [3.63, 3.8) is 0 Å². The highest BCUT2D eigenvalue weighted by atomic mass is 79.9. The summed E-state index contributed by atoms with van der Waals surface area (Å²) in [5.41, 5.74) is 0.846. The SMILES string of the molecule is N#Cc1cccnc1-n1cc(Br)cc1-c1nc2c(Br)cc(Br)cc2c(=O)o1. The zero-order valence-corrected chi connectivity index (χ0v) is 18.0. The van der Waals surface area contributed by atoms with Crippen molar-refractivity contribution in [2.45, 2.75) is 0 Å². The number of benzene rings is 1. The third kappa shape index (κ3) is 3.25. The Kier molecular flexibility index (Phi) is 4.72. The molecule has 0 aliphatic rings. The van der Waals surface area contributed by atoms with Gasteiger partial charge in [-0.3, -0.25) is 4.57 Å². The molecule has 4 rings (SSSR count). The summed E-state index contributed by atoms with van der Waals surface area (Å²) >= 11 is 10.2. The molecule has 0 radical (unpaired) electrons. The Morgan fingerprint density at radius 3 is 2.74 bits per heavy atom. The summed E-state index contributed by atoms with van der Waals surface area (Å²) in [7, 11) is 0. The van der Waals surface area contributed by atoms with Crippen LogP contribution in [0.4, 0.5) is 0 Å². The fraction of sp³-hybridized carbons (Fsp3) is 0. The van der Waals surface area contributed by atoms with Gasteiger partial charge in [0.15, 0.2) is 5.82 Å². The van der Waals surface area contributed by atoms with Gasteiger partial charge >= 0.3 is 5.63 Å². The summed E-state index contributed by atoms with van der Waals surface area (Å²) in [6, 6.07) is 10.7. The molecule has 0 fully saturated rings. The molecule has 0 atom stereocenters. The van der Waals surface area contributed by atoms with Gasteiger partial charge in [-0.05, 0) is 62.2 Å². The highest BCUT2D eigenvalue weighted by Crippen LogP contribution is 2.31. The zero-order chi connectivity index (χ0) is 19.1. The Labute approximate surface area is 177 Å². The fourth-order valence-electron chi connectivity index (χ4n) is 2.66. The normalized spacial score (nSPS) is 10.9. The first-order chi connectivity index (χ1) is 13.0. The second-order valence-corrected chi connectivity index (χ2v) is 8.18. The number of nitrogens with zero attached hydrogens (tertiary/aromatic N) is 4. The number of nitriles is 1. The quantitative estimate of drug-likeness (QED) is 0.342. The van der Waals surface area contributed by atoms with Crippen LogP contribution in [0.1, 0.15) is 5.56 Å². The van der Waals surface area contributed by atoms with E-state index in [1.165, 1.54) is 0 Å². The smallest absolute Gasteiger partial charge is 0.347 e. The van der Waals surface area contributed by atoms with E-state index in [0.717, 1.165) is 8.95 Å². The summed E-state index contributed by atoms with van der Waals surface area (Å²) in [4.78, 5) is 21.3. The van der Waals surface area contributed by atoms with Gasteiger partial charge in [0.25, 0.3) is 0 Å². The van der Waals surface area contributed by atoms with Crippen LogP contribution in [0, 0.1) is 11.3 Å². The van der Waals surface area contributed by atoms with E-state index in [9.17, 15) is 10.1 Å². The molecule has 1 aromatic carbocycles. The largest absolute Gasteiger partial charge is 0.401 e. The van der Waals surface area contributed by atoms with Gasteiger partial charge in [0.1, 0.15) is 11.8 Å². The Morgan fingerprint density at radius 1 is 1.15 bits per heavy atom. The molecule has 0 N–H and O–H groups in total. The monoisotopic (exact) mass is 548 g/mol. The lowest BCUT2D eigenvalue weighted by Crippen LogP contribution is -2.07. The Morgan fingerprint density at radius 2 is 1.96 bits per heavy atom. The maximum absolute atomic E-state index is 12.5. The molecule has 132 valence electrons. The fourth-order valence-corrected chi connectivity index (χ4v) is 4.39. The van der Waals surface area contributed by atoms with Gasteiger partial charge in [-0.25, -0.2) is 14.8 Å². The zero-order valence-electron chi connectivity index (χ0n) is 13.3. The number of aromatic nitrogens is 3. The Balaban J connectivity index is 2.01. The van der Waals surface area contributed by atoms with E-state index in [4.69, 9.17) is 4.42 Å². The number of rotatable bonds is 2. The van der Waals surface area contributed by atoms with E-state index in [0.29, 0.717) is 32.5 Å². The average Bonchev–Trinajstić information content (AvgIpc) is 3.04. The summed E-state index contributed by atoms with van der Waals surface area (Å²) in [5, 5.41) is 9.74. The van der Waals surface area contributed by atoms with Gasteiger partial charge in [-0.15, -0.1) is 0 Å². The van der Waals surface area contributed by atoms with Crippen LogP contribution in [0.15, 0.2) is 65.4 Å². The van der Waals surface area contributed by atoms with Gasteiger partial charge < -0.3 is 4.42 Å². The topological polar surface area (TPSA) is 84.7 Å². The second kappa shape index (κ2) is 7.03. The second-order valence-electron chi connectivity index (χ2n) is 5.49. The minimum Gasteiger partial charge on any atom is -0.401 e. The van der Waals surface area contributed by atoms with E-state index in [2.05, 4.69) is 63.8 Å². The van der Waals surface area contributed by atoms with Crippen molar-refractivity contribution >= 4 is 58.7 Å². The van der Waals surface area contributed by atoms with Gasteiger partial charge in [-0.2, -0.15) is 5.26 Å². The highest BCUT2D eigenvalue weighted by molar-refractivity contribution is 9.11. The van der Waals surface area contributed by atoms with E-state index in [-0.39, 0.29) is 5.89 Å². The molecular weight excluding hydrogens is 544 g/mol. The highest BCUT2D eigenvalue weighted by Gasteiger charge is 2.18. The van der Waals surface area contributed by atoms with E-state index in [1.807, 2.05) is 0 Å². The molecular formula is C18H7Br3N4O2. The number of hydrogen-bond donors (Lipinski definition) is 0. The number of pyridine rings is 1. The van der Waals surface area contributed by atoms with Crippen LogP contribution in [0.2, 0.25) is 0 Å². The molecule has 3 aromatic heterocycles. The molecule has 0 aliphatic heterocycles. The maximum atomic E-state index is 12.5. The Bertz CT molecular complexity index is 1300. The van der Waals surface area contributed by atoms with Crippen molar-refractivity contribution < 1.29 is 4.42 Å². The lowest BCUT2D eigenvalue weighted by Gasteiger charge is -2.09. The third-order valence-electron chi connectivity index (χ3n) is 3.79. The summed E-state index contributed by atoms with van der Waals surface area (Å²) in [6.45, 7) is 0. The van der Waals surface area contributed by atoms with Crippen LogP contribution >= 0.6 is 47.8 Å². The van der Waals surface area contributed by atoms with Crippen molar-refractivity contribution in [2.24, 2.45) is 0 Å². The van der Waals surface area contributed by atoms with Crippen molar-refractivity contribution in [3.8, 4) is 23.5 Å². The number of halogens is 3. The van der Waals surface area contributed by atoms with Crippen molar-refractivity contribution in [3.05, 3.63) is 72.1 Å². The predicted octanol–water partition coefficient (Wildman–Crippen LogP) is 5.20. The van der Waals surface area contributed by atoms with Crippen molar-refractivity contribution in [1.82, 2.24) is 14.5 Å². The van der Waals surface area contributed by atoms with Crippen molar-refractivity contribution in [2.75, 3.05) is 0 Å². The average molecular weight is 551 g/mol. The Hall–Kier alpha value is -2.28. The van der Waals surface area contributed by atoms with E-state index >= 15 is 0 Å². The minimum atomic E-state index is -0.512. The van der Waals surface area contributed by atoms with E-state index in [1.54, 1.807) is 47.3 Å². The first-order valence-corrected chi connectivity index (χ1v) is 9.89. The first kappa shape index (κ1) is 18.1. The predicted molar refractivity (Wildman–Crippen MR) is 111 cm³/mol. The minimum absolute atomic E-state index is 0.121. The summed E-state index contributed by atoms with van der Waals surface area (Å²) in [6.07, 6.45) is 3.33. The molecule has 0 amide bonds. The maximum Gasteiger partial charge on any atom is 0.347 e. The van der Waals surface area contributed by atoms with Crippen LogP contribution < -0.4 is 5.63 Å². The molecule has 0 saturated heterocycles. The standard InChI is InChI=1S/C18H7Br3N4O2/c19-10-4-12-15(13(21)5-10)24-17(27-18(12)26)14-6-11(20)8-25(14)16-9(7-22)2-1-3-23-16/h1-6,8H. The molecule has 6 nitrogen and oxygen atoms in total. The molecule has 0 unspecified atom stereocenters. The van der Waals surface area contributed by atoms with Crippen LogP contribution in [0.3, 0.4) is 0 Å². The summed E-state index contributed by atoms with van der Waals surface area (Å²) in [5.74, 6) is 0.538. The molecule has 9 heteroatoms. The van der Waals surface area contributed by atoms with Gasteiger partial charge in [0.2, 0.25) is 5.89 Å². The molecule has 27 heavy (non-hydrogen) atoms. The van der Waals surface area contributed by atoms with E-state index < -0.39 is 5.63 Å². The van der Waals surface area contributed by atoms with Crippen LogP contribution in [-0.4, -0.2) is 14.5 Å². The number of hydrogen-bond acceptors (Lipinski definition) is 5.